The summed E-state index contributed by atoms with van der Waals surface area (Å²) in [6.07, 6.45) is 3.12. The molecule has 1 aromatic rings. The Morgan fingerprint density at radius 1 is 1.06 bits per heavy atom. The summed E-state index contributed by atoms with van der Waals surface area (Å²) < 4.78 is 2.17. The van der Waals surface area contributed by atoms with Gasteiger partial charge >= 0.3 is 0 Å². The Hall–Kier alpha value is 0.1000. The number of aliphatic hydroxyl groups excluding tert-OH is 1. The first-order chi connectivity index (χ1) is 7.74. The molecule has 0 radical (unpaired) electrons. The minimum absolute atomic E-state index is 0.305. The first-order valence-corrected chi connectivity index (χ1v) is 7.08. The number of nitrogens with one attached hydrogen (secondary N) is 1. The number of unbranched alkanes of at least 4 members (excludes halogenated alkanes) is 2. The van der Waals surface area contributed by atoms with Crippen molar-refractivity contribution in [3.8, 4) is 0 Å². The lowest BCUT2D eigenvalue weighted by atomic mass is 10.2. The Morgan fingerprint density at radius 3 is 2.56 bits per heavy atom. The maximum Gasteiger partial charge on any atom is 0.0431 e. The van der Waals surface area contributed by atoms with Gasteiger partial charge in [0.05, 0.1) is 0 Å². The van der Waals surface area contributed by atoms with Crippen LogP contribution in [0.2, 0.25) is 0 Å². The normalized spacial score (nSPS) is 10.7. The Kier molecular flexibility index (Phi) is 7.28. The summed E-state index contributed by atoms with van der Waals surface area (Å²) in [7, 11) is 0. The van der Waals surface area contributed by atoms with Crippen molar-refractivity contribution >= 4 is 31.9 Å². The molecule has 0 spiro atoms. The summed E-state index contributed by atoms with van der Waals surface area (Å²) in [5, 5.41) is 12.0. The molecule has 0 aromatic heterocycles. The van der Waals surface area contributed by atoms with Crippen LogP contribution in [0.1, 0.15) is 24.8 Å². The summed E-state index contributed by atoms with van der Waals surface area (Å²) in [5.41, 5.74) is 1.28. The molecule has 0 aliphatic heterocycles. The molecule has 0 fully saturated rings. The van der Waals surface area contributed by atoms with Gasteiger partial charge in [-0.3, -0.25) is 0 Å². The molecule has 0 heterocycles. The van der Waals surface area contributed by atoms with Crippen molar-refractivity contribution < 1.29 is 5.11 Å². The van der Waals surface area contributed by atoms with Crippen molar-refractivity contribution in [2.24, 2.45) is 0 Å². The van der Waals surface area contributed by atoms with Gasteiger partial charge in [0.15, 0.2) is 0 Å². The van der Waals surface area contributed by atoms with E-state index in [0.29, 0.717) is 6.61 Å². The molecular formula is C12H17Br2NO. The van der Waals surface area contributed by atoms with Gasteiger partial charge in [0.25, 0.3) is 0 Å². The molecule has 0 bridgehead atoms. The van der Waals surface area contributed by atoms with Gasteiger partial charge in [0.1, 0.15) is 0 Å². The summed E-state index contributed by atoms with van der Waals surface area (Å²) in [4.78, 5) is 0. The Balaban J connectivity index is 2.19. The highest BCUT2D eigenvalue weighted by Gasteiger charge is 1.98. The molecule has 0 aliphatic carbocycles. The van der Waals surface area contributed by atoms with Crippen LogP contribution >= 0.6 is 31.9 Å². The van der Waals surface area contributed by atoms with Gasteiger partial charge in [0.2, 0.25) is 0 Å². The van der Waals surface area contributed by atoms with Crippen LogP contribution in [0.5, 0.6) is 0 Å². The van der Waals surface area contributed by atoms with E-state index in [0.717, 1.165) is 41.3 Å². The van der Waals surface area contributed by atoms with Crippen molar-refractivity contribution in [1.29, 1.82) is 0 Å². The molecule has 4 heteroatoms. The van der Waals surface area contributed by atoms with Crippen molar-refractivity contribution in [1.82, 2.24) is 5.32 Å². The number of halogens is 2. The first-order valence-electron chi connectivity index (χ1n) is 5.49. The predicted molar refractivity (Wildman–Crippen MR) is 74.5 cm³/mol. The third-order valence-electron chi connectivity index (χ3n) is 2.32. The smallest absolute Gasteiger partial charge is 0.0431 e. The third-order valence-corrected chi connectivity index (χ3v) is 4.20. The largest absolute Gasteiger partial charge is 0.396 e. The van der Waals surface area contributed by atoms with Crippen molar-refractivity contribution in [2.75, 3.05) is 13.2 Å². The Bertz CT molecular complexity index is 318. The molecule has 1 rings (SSSR count). The molecular weight excluding hydrogens is 334 g/mol. The first kappa shape index (κ1) is 14.2. The van der Waals surface area contributed by atoms with E-state index in [-0.39, 0.29) is 0 Å². The SMILES string of the molecule is OCCCCCNCc1ccc(Br)c(Br)c1. The van der Waals surface area contributed by atoms with Crippen LogP contribution < -0.4 is 5.32 Å². The molecule has 2 N–H and O–H groups in total. The molecule has 16 heavy (non-hydrogen) atoms. The third kappa shape index (κ3) is 5.43. The fraction of sp³-hybridized carbons (Fsp3) is 0.500. The highest BCUT2D eigenvalue weighted by Crippen LogP contribution is 2.23. The molecule has 1 aromatic carbocycles. The number of hydrogen-bond acceptors (Lipinski definition) is 2. The van der Waals surface area contributed by atoms with Crippen LogP contribution in [0.15, 0.2) is 27.1 Å². The number of aliphatic hydroxyl groups is 1. The van der Waals surface area contributed by atoms with Crippen molar-refractivity contribution in [3.63, 3.8) is 0 Å². The second kappa shape index (κ2) is 8.23. The average Bonchev–Trinajstić information content (AvgIpc) is 2.28. The molecule has 0 amide bonds. The minimum atomic E-state index is 0.305. The Morgan fingerprint density at radius 2 is 1.88 bits per heavy atom. The van der Waals surface area contributed by atoms with E-state index in [2.05, 4.69) is 49.3 Å². The zero-order valence-electron chi connectivity index (χ0n) is 9.18. The van der Waals surface area contributed by atoms with E-state index < -0.39 is 0 Å². The minimum Gasteiger partial charge on any atom is -0.396 e. The van der Waals surface area contributed by atoms with Gasteiger partial charge < -0.3 is 10.4 Å². The van der Waals surface area contributed by atoms with Crippen LogP contribution in [0.25, 0.3) is 0 Å². The lowest BCUT2D eigenvalue weighted by Crippen LogP contribution is -2.14. The van der Waals surface area contributed by atoms with E-state index in [1.165, 1.54) is 5.56 Å². The van der Waals surface area contributed by atoms with E-state index in [1.54, 1.807) is 0 Å². The summed E-state index contributed by atoms with van der Waals surface area (Å²) in [5.74, 6) is 0. The molecule has 0 unspecified atom stereocenters. The Labute approximate surface area is 114 Å². The summed E-state index contributed by atoms with van der Waals surface area (Å²) in [6, 6.07) is 6.27. The quantitative estimate of drug-likeness (QED) is 0.738. The van der Waals surface area contributed by atoms with Gasteiger partial charge in [-0.2, -0.15) is 0 Å². The van der Waals surface area contributed by atoms with Gasteiger partial charge in [-0.15, -0.1) is 0 Å². The van der Waals surface area contributed by atoms with Crippen LogP contribution in [0.4, 0.5) is 0 Å². The molecule has 90 valence electrons. The van der Waals surface area contributed by atoms with E-state index >= 15 is 0 Å². The standard InChI is InChI=1S/C12H17Br2NO/c13-11-5-4-10(8-12(11)14)9-15-6-2-1-3-7-16/h4-5,8,15-16H,1-3,6-7,9H2. The number of hydrogen-bond donors (Lipinski definition) is 2. The lowest BCUT2D eigenvalue weighted by Gasteiger charge is -2.06. The fourth-order valence-electron chi connectivity index (χ4n) is 1.42. The van der Waals surface area contributed by atoms with Gasteiger partial charge in [-0.25, -0.2) is 0 Å². The van der Waals surface area contributed by atoms with Gasteiger partial charge in [-0.1, -0.05) is 6.07 Å². The van der Waals surface area contributed by atoms with Crippen molar-refractivity contribution in [3.05, 3.63) is 32.7 Å². The zero-order chi connectivity index (χ0) is 11.8. The highest BCUT2D eigenvalue weighted by atomic mass is 79.9. The molecule has 0 saturated carbocycles. The lowest BCUT2D eigenvalue weighted by molar-refractivity contribution is 0.283. The molecule has 2 nitrogen and oxygen atoms in total. The van der Waals surface area contributed by atoms with Crippen molar-refractivity contribution in [2.45, 2.75) is 25.8 Å². The topological polar surface area (TPSA) is 32.3 Å². The van der Waals surface area contributed by atoms with Crippen LogP contribution in [0, 0.1) is 0 Å². The van der Waals surface area contributed by atoms with Gasteiger partial charge in [0, 0.05) is 22.1 Å². The van der Waals surface area contributed by atoms with E-state index in [1.807, 2.05) is 6.07 Å². The molecule has 0 aliphatic rings. The summed E-state index contributed by atoms with van der Waals surface area (Å²) >= 11 is 6.94. The number of benzene rings is 1. The van der Waals surface area contributed by atoms with E-state index in [4.69, 9.17) is 5.11 Å². The maximum atomic E-state index is 8.63. The zero-order valence-corrected chi connectivity index (χ0v) is 12.3. The molecule has 0 atom stereocenters. The number of rotatable bonds is 7. The van der Waals surface area contributed by atoms with Crippen LogP contribution in [-0.2, 0) is 6.54 Å². The predicted octanol–water partition coefficient (Wildman–Crippen LogP) is 3.46. The average molecular weight is 351 g/mol. The maximum absolute atomic E-state index is 8.63. The molecule has 0 saturated heterocycles. The van der Waals surface area contributed by atoms with Crippen LogP contribution in [-0.4, -0.2) is 18.3 Å². The fourth-order valence-corrected chi connectivity index (χ4v) is 2.09. The second-order valence-corrected chi connectivity index (χ2v) is 5.42. The second-order valence-electron chi connectivity index (χ2n) is 3.71. The van der Waals surface area contributed by atoms with E-state index in [9.17, 15) is 0 Å². The monoisotopic (exact) mass is 349 g/mol. The van der Waals surface area contributed by atoms with Gasteiger partial charge in [-0.05, 0) is 75.4 Å². The summed E-state index contributed by atoms with van der Waals surface area (Å²) in [6.45, 7) is 2.21. The van der Waals surface area contributed by atoms with Crippen LogP contribution in [0.3, 0.4) is 0 Å². The highest BCUT2D eigenvalue weighted by molar-refractivity contribution is 9.13.